The molecule has 0 saturated carbocycles. The second kappa shape index (κ2) is 6.88. The number of amides is 3. The van der Waals surface area contributed by atoms with E-state index in [4.69, 9.17) is 0 Å². The topological polar surface area (TPSA) is 87.3 Å². The molecule has 0 saturated heterocycles. The van der Waals surface area contributed by atoms with E-state index < -0.39 is 6.04 Å². The molecule has 3 N–H and O–H groups in total. The van der Waals surface area contributed by atoms with Gasteiger partial charge in [-0.2, -0.15) is 0 Å². The van der Waals surface area contributed by atoms with E-state index in [0.29, 0.717) is 17.8 Å². The highest BCUT2D eigenvalue weighted by molar-refractivity contribution is 6.10. The SMILES string of the molecule is CCCCNC(=O)C[C@@H]1NC(=O)c2ccccc2NC1=O. The standard InChI is InChI=1S/C15H19N3O3/c1-2-3-8-16-13(19)9-12-15(21)17-11-7-5-4-6-10(11)14(20)18-12/h4-7,12H,2-3,8-9H2,1H3,(H,16,19)(H,17,21)(H,18,20)/t12-/m0/s1. The number of nitrogens with one attached hydrogen (secondary N) is 3. The Morgan fingerprint density at radius 2 is 2.05 bits per heavy atom. The first kappa shape index (κ1) is 15.0. The van der Waals surface area contributed by atoms with Crippen molar-refractivity contribution in [1.82, 2.24) is 10.6 Å². The number of rotatable bonds is 5. The summed E-state index contributed by atoms with van der Waals surface area (Å²) in [7, 11) is 0. The predicted molar refractivity (Wildman–Crippen MR) is 78.9 cm³/mol. The van der Waals surface area contributed by atoms with Crippen molar-refractivity contribution >= 4 is 23.4 Å². The molecule has 0 bridgehead atoms. The molecule has 2 rings (SSSR count). The Kier molecular flexibility index (Phi) is 4.92. The van der Waals surface area contributed by atoms with Crippen LogP contribution in [-0.4, -0.2) is 30.3 Å². The second-order valence-electron chi connectivity index (χ2n) is 4.97. The van der Waals surface area contributed by atoms with Crippen molar-refractivity contribution in [2.24, 2.45) is 0 Å². The highest BCUT2D eigenvalue weighted by Crippen LogP contribution is 2.18. The molecule has 0 spiro atoms. The maximum atomic E-state index is 12.1. The Labute approximate surface area is 123 Å². The summed E-state index contributed by atoms with van der Waals surface area (Å²) in [4.78, 5) is 35.9. The summed E-state index contributed by atoms with van der Waals surface area (Å²) in [6, 6.07) is 5.91. The Hall–Kier alpha value is -2.37. The van der Waals surface area contributed by atoms with Gasteiger partial charge in [-0.1, -0.05) is 25.5 Å². The van der Waals surface area contributed by atoms with E-state index in [2.05, 4.69) is 16.0 Å². The van der Waals surface area contributed by atoms with Gasteiger partial charge < -0.3 is 16.0 Å². The number of carbonyl (C=O) groups is 3. The third kappa shape index (κ3) is 3.81. The molecule has 3 amide bonds. The maximum absolute atomic E-state index is 12.1. The van der Waals surface area contributed by atoms with Gasteiger partial charge in [-0.05, 0) is 18.6 Å². The molecular weight excluding hydrogens is 270 g/mol. The van der Waals surface area contributed by atoms with Gasteiger partial charge in [-0.25, -0.2) is 0 Å². The van der Waals surface area contributed by atoms with Gasteiger partial charge in [-0.15, -0.1) is 0 Å². The number of anilines is 1. The number of carbonyl (C=O) groups excluding carboxylic acids is 3. The molecule has 0 aliphatic carbocycles. The van der Waals surface area contributed by atoms with Crippen LogP contribution in [0.1, 0.15) is 36.5 Å². The van der Waals surface area contributed by atoms with Crippen LogP contribution in [0.2, 0.25) is 0 Å². The summed E-state index contributed by atoms with van der Waals surface area (Å²) in [5.74, 6) is -0.968. The van der Waals surface area contributed by atoms with Gasteiger partial charge in [0.15, 0.2) is 0 Å². The Balaban J connectivity index is 2.02. The summed E-state index contributed by atoms with van der Waals surface area (Å²) in [5.41, 5.74) is 0.869. The van der Waals surface area contributed by atoms with Gasteiger partial charge in [0.25, 0.3) is 5.91 Å². The first-order chi connectivity index (χ1) is 10.1. The lowest BCUT2D eigenvalue weighted by molar-refractivity contribution is -0.125. The Morgan fingerprint density at radius 1 is 1.29 bits per heavy atom. The number of unbranched alkanes of at least 4 members (excludes halogenated alkanes) is 1. The molecule has 112 valence electrons. The fourth-order valence-electron chi connectivity index (χ4n) is 2.12. The Morgan fingerprint density at radius 3 is 2.81 bits per heavy atom. The van der Waals surface area contributed by atoms with Crippen LogP contribution in [-0.2, 0) is 9.59 Å². The van der Waals surface area contributed by atoms with Crippen LogP contribution in [0.5, 0.6) is 0 Å². The zero-order valence-electron chi connectivity index (χ0n) is 11.9. The molecule has 0 radical (unpaired) electrons. The normalized spacial score (nSPS) is 17.3. The zero-order chi connectivity index (χ0) is 15.2. The summed E-state index contributed by atoms with van der Waals surface area (Å²) < 4.78 is 0. The van der Waals surface area contributed by atoms with E-state index in [1.54, 1.807) is 24.3 Å². The highest BCUT2D eigenvalue weighted by Gasteiger charge is 2.29. The largest absolute Gasteiger partial charge is 0.356 e. The summed E-state index contributed by atoms with van der Waals surface area (Å²) in [6.07, 6.45) is 1.81. The van der Waals surface area contributed by atoms with Crippen LogP contribution >= 0.6 is 0 Å². The molecule has 0 aromatic heterocycles. The summed E-state index contributed by atoms with van der Waals surface area (Å²) >= 11 is 0. The van der Waals surface area contributed by atoms with E-state index in [1.165, 1.54) is 0 Å². The van der Waals surface area contributed by atoms with E-state index in [1.807, 2.05) is 6.92 Å². The zero-order valence-corrected chi connectivity index (χ0v) is 11.9. The molecule has 1 aliphatic heterocycles. The average molecular weight is 289 g/mol. The lowest BCUT2D eigenvalue weighted by Gasteiger charge is -2.14. The van der Waals surface area contributed by atoms with Crippen LogP contribution in [0.4, 0.5) is 5.69 Å². The van der Waals surface area contributed by atoms with Gasteiger partial charge in [0.1, 0.15) is 6.04 Å². The molecule has 0 unspecified atom stereocenters. The fraction of sp³-hybridized carbons (Fsp3) is 0.400. The minimum absolute atomic E-state index is 0.0602. The lowest BCUT2D eigenvalue weighted by Crippen LogP contribution is -2.44. The average Bonchev–Trinajstić information content (AvgIpc) is 2.57. The van der Waals surface area contributed by atoms with E-state index >= 15 is 0 Å². The third-order valence-corrected chi connectivity index (χ3v) is 3.29. The number of para-hydroxylation sites is 1. The molecule has 1 atom stereocenters. The smallest absolute Gasteiger partial charge is 0.254 e. The van der Waals surface area contributed by atoms with Crippen molar-refractivity contribution in [3.05, 3.63) is 29.8 Å². The molecule has 1 aromatic rings. The van der Waals surface area contributed by atoms with Crippen molar-refractivity contribution in [3.8, 4) is 0 Å². The highest BCUT2D eigenvalue weighted by atomic mass is 16.2. The van der Waals surface area contributed by atoms with E-state index in [9.17, 15) is 14.4 Å². The minimum atomic E-state index is -0.855. The quantitative estimate of drug-likeness (QED) is 0.708. The second-order valence-corrected chi connectivity index (χ2v) is 4.97. The predicted octanol–water partition coefficient (Wildman–Crippen LogP) is 1.04. The van der Waals surface area contributed by atoms with Crippen molar-refractivity contribution in [1.29, 1.82) is 0 Å². The van der Waals surface area contributed by atoms with Crippen molar-refractivity contribution < 1.29 is 14.4 Å². The molecular formula is C15H19N3O3. The van der Waals surface area contributed by atoms with Gasteiger partial charge in [0.05, 0.1) is 17.7 Å². The maximum Gasteiger partial charge on any atom is 0.254 e. The summed E-state index contributed by atoms with van der Waals surface area (Å²) in [5, 5.41) is 8.01. The molecule has 6 heteroatoms. The molecule has 1 heterocycles. The van der Waals surface area contributed by atoms with E-state index in [-0.39, 0.29) is 24.1 Å². The van der Waals surface area contributed by atoms with Gasteiger partial charge in [-0.3, -0.25) is 14.4 Å². The number of benzene rings is 1. The lowest BCUT2D eigenvalue weighted by atomic mass is 10.1. The monoisotopic (exact) mass is 289 g/mol. The Bertz CT molecular complexity index is 557. The van der Waals surface area contributed by atoms with Crippen LogP contribution < -0.4 is 16.0 Å². The molecule has 21 heavy (non-hydrogen) atoms. The van der Waals surface area contributed by atoms with Gasteiger partial charge >= 0.3 is 0 Å². The fourth-order valence-corrected chi connectivity index (χ4v) is 2.12. The molecule has 6 nitrogen and oxygen atoms in total. The molecule has 0 fully saturated rings. The minimum Gasteiger partial charge on any atom is -0.356 e. The third-order valence-electron chi connectivity index (χ3n) is 3.29. The van der Waals surface area contributed by atoms with Gasteiger partial charge in [0, 0.05) is 6.54 Å². The number of hydrogen-bond donors (Lipinski definition) is 3. The number of fused-ring (bicyclic) bond motifs is 1. The van der Waals surface area contributed by atoms with Crippen LogP contribution in [0.15, 0.2) is 24.3 Å². The van der Waals surface area contributed by atoms with Crippen LogP contribution in [0, 0.1) is 0 Å². The summed E-state index contributed by atoms with van der Waals surface area (Å²) in [6.45, 7) is 2.61. The van der Waals surface area contributed by atoms with Crippen LogP contribution in [0.25, 0.3) is 0 Å². The van der Waals surface area contributed by atoms with E-state index in [0.717, 1.165) is 12.8 Å². The van der Waals surface area contributed by atoms with Gasteiger partial charge in [0.2, 0.25) is 11.8 Å². The number of hydrogen-bond acceptors (Lipinski definition) is 3. The first-order valence-corrected chi connectivity index (χ1v) is 7.09. The van der Waals surface area contributed by atoms with Crippen molar-refractivity contribution in [2.45, 2.75) is 32.2 Å². The first-order valence-electron chi connectivity index (χ1n) is 7.09. The van der Waals surface area contributed by atoms with Crippen LogP contribution in [0.3, 0.4) is 0 Å². The molecule has 1 aliphatic rings. The van der Waals surface area contributed by atoms with Crippen molar-refractivity contribution in [2.75, 3.05) is 11.9 Å². The molecule has 1 aromatic carbocycles. The van der Waals surface area contributed by atoms with Crippen molar-refractivity contribution in [3.63, 3.8) is 0 Å².